The van der Waals surface area contributed by atoms with Crippen molar-refractivity contribution in [2.24, 2.45) is 0 Å². The number of hydrogen-bond donors (Lipinski definition) is 0. The quantitative estimate of drug-likeness (QED) is 0.111. The van der Waals surface area contributed by atoms with Gasteiger partial charge in [0.25, 0.3) is 0 Å². The standard InChI is InChI=1S/C47H55B2N/c1-9-10-11-12-13-14-17-34-18-15-19-38(31-34)49-39-28-25-36(47(6,7)8)32-44(39)50-43-29-22-33(2)30-42(43)48(40-20-16-21-41(49)45(40)50)37-26-23-35(24-27-37)46(3,4)5/h15-16,18-32H,9-14,17H2,1-8H3. The molecular weight excluding hydrogens is 600 g/mol. The Balaban J connectivity index is 1.40. The van der Waals surface area contributed by atoms with Gasteiger partial charge in [-0.3, -0.25) is 0 Å². The molecule has 2 aliphatic heterocycles. The minimum absolute atomic E-state index is 0.0462. The summed E-state index contributed by atoms with van der Waals surface area (Å²) in [4.78, 5) is 2.63. The van der Waals surface area contributed by atoms with E-state index in [1.807, 2.05) is 0 Å². The van der Waals surface area contributed by atoms with Crippen LogP contribution in [0, 0.1) is 6.92 Å². The lowest BCUT2D eigenvalue weighted by atomic mass is 9.30. The summed E-state index contributed by atoms with van der Waals surface area (Å²) >= 11 is 0. The number of aryl methyl sites for hydroxylation is 2. The first-order chi connectivity index (χ1) is 24.0. The van der Waals surface area contributed by atoms with Crippen molar-refractivity contribution in [1.82, 2.24) is 0 Å². The van der Waals surface area contributed by atoms with E-state index in [2.05, 4.69) is 163 Å². The average molecular weight is 656 g/mol. The fourth-order valence-corrected chi connectivity index (χ4v) is 8.50. The second kappa shape index (κ2) is 13.6. The van der Waals surface area contributed by atoms with E-state index in [1.165, 1.54) is 111 Å². The number of para-hydroxylation sites is 1. The van der Waals surface area contributed by atoms with E-state index in [0.717, 1.165) is 6.42 Å². The van der Waals surface area contributed by atoms with E-state index in [4.69, 9.17) is 0 Å². The highest BCUT2D eigenvalue weighted by molar-refractivity contribution is 7.02. The zero-order valence-corrected chi connectivity index (χ0v) is 31.9. The van der Waals surface area contributed by atoms with Crippen LogP contribution in [0.4, 0.5) is 17.1 Å². The topological polar surface area (TPSA) is 3.24 Å². The second-order valence-corrected chi connectivity index (χ2v) is 17.2. The van der Waals surface area contributed by atoms with Gasteiger partial charge < -0.3 is 4.90 Å². The summed E-state index contributed by atoms with van der Waals surface area (Å²) in [6, 6.07) is 40.7. The zero-order valence-electron chi connectivity index (χ0n) is 31.9. The summed E-state index contributed by atoms with van der Waals surface area (Å²) in [5, 5.41) is 0. The van der Waals surface area contributed by atoms with E-state index in [9.17, 15) is 0 Å². The van der Waals surface area contributed by atoms with Crippen LogP contribution in [0.25, 0.3) is 0 Å². The van der Waals surface area contributed by atoms with Crippen molar-refractivity contribution in [1.29, 1.82) is 0 Å². The molecule has 5 aromatic rings. The van der Waals surface area contributed by atoms with Crippen molar-refractivity contribution in [3.8, 4) is 0 Å². The molecule has 0 amide bonds. The van der Waals surface area contributed by atoms with Crippen LogP contribution in [-0.4, -0.2) is 13.4 Å². The van der Waals surface area contributed by atoms with Crippen molar-refractivity contribution < 1.29 is 0 Å². The largest absolute Gasteiger partial charge is 0.313 e. The van der Waals surface area contributed by atoms with Crippen molar-refractivity contribution >= 4 is 63.3 Å². The molecule has 0 spiro atoms. The lowest BCUT2D eigenvalue weighted by Crippen LogP contribution is -2.65. The Labute approximate surface area is 303 Å². The number of nitrogens with zero attached hydrogens (tertiary/aromatic N) is 1. The van der Waals surface area contributed by atoms with E-state index >= 15 is 0 Å². The third-order valence-electron chi connectivity index (χ3n) is 11.3. The smallest absolute Gasteiger partial charge is 0.246 e. The number of hydrogen-bond acceptors (Lipinski definition) is 1. The summed E-state index contributed by atoms with van der Waals surface area (Å²) in [6.07, 6.45) is 9.13. The molecule has 2 heterocycles. The Morgan fingerprint density at radius 2 is 1.16 bits per heavy atom. The predicted octanol–water partition coefficient (Wildman–Crippen LogP) is 8.62. The van der Waals surface area contributed by atoms with Gasteiger partial charge >= 0.3 is 0 Å². The van der Waals surface area contributed by atoms with Crippen LogP contribution in [0.1, 0.15) is 109 Å². The fourth-order valence-electron chi connectivity index (χ4n) is 8.50. The van der Waals surface area contributed by atoms with Crippen LogP contribution in [0.3, 0.4) is 0 Å². The first-order valence-corrected chi connectivity index (χ1v) is 19.3. The molecule has 0 unspecified atom stereocenters. The molecule has 0 fully saturated rings. The van der Waals surface area contributed by atoms with Gasteiger partial charge in [0.1, 0.15) is 0 Å². The maximum absolute atomic E-state index is 2.63. The van der Waals surface area contributed by atoms with Crippen molar-refractivity contribution in [3.63, 3.8) is 0 Å². The van der Waals surface area contributed by atoms with E-state index in [-0.39, 0.29) is 24.3 Å². The van der Waals surface area contributed by atoms with Crippen molar-refractivity contribution in [2.45, 2.75) is 111 Å². The van der Waals surface area contributed by atoms with Gasteiger partial charge in [-0.1, -0.05) is 188 Å². The molecule has 254 valence electrons. The lowest BCUT2D eigenvalue weighted by molar-refractivity contribution is 0.590. The van der Waals surface area contributed by atoms with Crippen LogP contribution in [-0.2, 0) is 17.3 Å². The Morgan fingerprint density at radius 1 is 0.520 bits per heavy atom. The maximum atomic E-state index is 2.63. The molecular formula is C47H55B2N. The van der Waals surface area contributed by atoms with Crippen molar-refractivity contribution in [2.75, 3.05) is 4.90 Å². The SMILES string of the molecule is CCCCCCCCc1cccc(B2c3ccc(C(C)(C)C)cc3N3c4ccc(C)cc4B(c4ccc(C(C)(C)C)cc4)c4cccc2c43)c1. The average Bonchev–Trinajstić information content (AvgIpc) is 3.09. The molecule has 0 aromatic heterocycles. The Bertz CT molecular complexity index is 1990. The Kier molecular flexibility index (Phi) is 9.40. The zero-order chi connectivity index (χ0) is 35.2. The van der Waals surface area contributed by atoms with E-state index in [1.54, 1.807) is 0 Å². The minimum atomic E-state index is 0.0462. The first kappa shape index (κ1) is 34.5. The van der Waals surface area contributed by atoms with Gasteiger partial charge in [0.05, 0.1) is 0 Å². The third-order valence-corrected chi connectivity index (χ3v) is 11.3. The summed E-state index contributed by atoms with van der Waals surface area (Å²) in [5.41, 5.74) is 18.1. The normalized spacial score (nSPS) is 13.6. The molecule has 0 saturated carbocycles. The molecule has 5 aromatic carbocycles. The molecule has 3 heteroatoms. The predicted molar refractivity (Wildman–Crippen MR) is 223 cm³/mol. The highest BCUT2D eigenvalue weighted by atomic mass is 15.2. The number of benzene rings is 5. The highest BCUT2D eigenvalue weighted by Gasteiger charge is 2.43. The molecule has 0 aliphatic carbocycles. The minimum Gasteiger partial charge on any atom is -0.313 e. The Hall–Kier alpha value is -3.97. The van der Waals surface area contributed by atoms with Crippen molar-refractivity contribution in [3.05, 3.63) is 125 Å². The van der Waals surface area contributed by atoms with Crippen LogP contribution in [0.5, 0.6) is 0 Å². The molecule has 0 bridgehead atoms. The molecule has 0 saturated heterocycles. The Morgan fingerprint density at radius 3 is 1.86 bits per heavy atom. The van der Waals surface area contributed by atoms with Gasteiger partial charge in [0, 0.05) is 17.1 Å². The van der Waals surface area contributed by atoms with Crippen LogP contribution in [0.15, 0.2) is 103 Å². The third kappa shape index (κ3) is 6.50. The van der Waals surface area contributed by atoms with E-state index < -0.39 is 0 Å². The monoisotopic (exact) mass is 655 g/mol. The molecule has 0 N–H and O–H groups in total. The number of anilines is 3. The van der Waals surface area contributed by atoms with Gasteiger partial charge in [0.15, 0.2) is 0 Å². The first-order valence-electron chi connectivity index (χ1n) is 19.3. The van der Waals surface area contributed by atoms with Gasteiger partial charge in [-0.15, -0.1) is 0 Å². The van der Waals surface area contributed by atoms with Gasteiger partial charge in [0.2, 0.25) is 13.4 Å². The molecule has 2 aliphatic rings. The summed E-state index contributed by atoms with van der Waals surface area (Å²) in [7, 11) is 0. The van der Waals surface area contributed by atoms with Gasteiger partial charge in [-0.05, 0) is 81.3 Å². The number of fused-ring (bicyclic) bond motifs is 4. The summed E-state index contributed by atoms with van der Waals surface area (Å²) in [6.45, 7) is 18.8. The van der Waals surface area contributed by atoms with Crippen LogP contribution >= 0.6 is 0 Å². The lowest BCUT2D eigenvalue weighted by Gasteiger charge is -2.44. The van der Waals surface area contributed by atoms with E-state index in [0.29, 0.717) is 0 Å². The van der Waals surface area contributed by atoms with Gasteiger partial charge in [-0.2, -0.15) is 0 Å². The highest BCUT2D eigenvalue weighted by Crippen LogP contribution is 2.39. The number of rotatable bonds is 9. The summed E-state index contributed by atoms with van der Waals surface area (Å²) in [5.74, 6) is 0. The van der Waals surface area contributed by atoms with Gasteiger partial charge in [-0.25, -0.2) is 0 Å². The molecule has 0 atom stereocenters. The molecule has 0 radical (unpaired) electrons. The fraction of sp³-hybridized carbons (Fsp3) is 0.362. The van der Waals surface area contributed by atoms with Crippen LogP contribution < -0.4 is 37.7 Å². The molecule has 50 heavy (non-hydrogen) atoms. The molecule has 7 rings (SSSR count). The van der Waals surface area contributed by atoms with Crippen LogP contribution in [0.2, 0.25) is 0 Å². The molecule has 1 nitrogen and oxygen atoms in total. The number of unbranched alkanes of at least 4 members (excludes halogenated alkanes) is 5. The second-order valence-electron chi connectivity index (χ2n) is 17.2. The maximum Gasteiger partial charge on any atom is 0.246 e. The summed E-state index contributed by atoms with van der Waals surface area (Å²) < 4.78 is 0.